The van der Waals surface area contributed by atoms with Gasteiger partial charge in [0.15, 0.2) is 6.10 Å². The maximum atomic E-state index is 12.1. The van der Waals surface area contributed by atoms with E-state index >= 15 is 0 Å². The summed E-state index contributed by atoms with van der Waals surface area (Å²) in [5.74, 6) is 1.35. The summed E-state index contributed by atoms with van der Waals surface area (Å²) in [5, 5.41) is 5.04. The summed E-state index contributed by atoms with van der Waals surface area (Å²) in [6.07, 6.45) is -0.560. The fraction of sp³-hybridized carbons (Fsp3) is 0.227. The van der Waals surface area contributed by atoms with E-state index in [0.29, 0.717) is 18.9 Å². The van der Waals surface area contributed by atoms with Crippen LogP contribution in [0.25, 0.3) is 10.8 Å². The van der Waals surface area contributed by atoms with Crippen molar-refractivity contribution in [3.05, 3.63) is 72.3 Å². The Hall–Kier alpha value is -3.01. The van der Waals surface area contributed by atoms with E-state index in [2.05, 4.69) is 5.32 Å². The summed E-state index contributed by atoms with van der Waals surface area (Å²) in [5.41, 5.74) is 1.15. The second-order valence-electron chi connectivity index (χ2n) is 6.19. The van der Waals surface area contributed by atoms with Crippen LogP contribution in [0.5, 0.6) is 11.5 Å². The van der Waals surface area contributed by atoms with Crippen molar-refractivity contribution < 1.29 is 14.3 Å². The van der Waals surface area contributed by atoms with Crippen LogP contribution in [-0.2, 0) is 4.79 Å². The summed E-state index contributed by atoms with van der Waals surface area (Å²) in [4.78, 5) is 12.1. The molecule has 3 aromatic rings. The molecule has 0 saturated heterocycles. The van der Waals surface area contributed by atoms with Gasteiger partial charge in [0.2, 0.25) is 0 Å². The summed E-state index contributed by atoms with van der Waals surface area (Å²) in [7, 11) is 0. The smallest absolute Gasteiger partial charge is 0.260 e. The Morgan fingerprint density at radius 1 is 1.00 bits per heavy atom. The largest absolute Gasteiger partial charge is 0.491 e. The number of nitrogens with one attached hydrogen (secondary N) is 1. The predicted octanol–water partition coefficient (Wildman–Crippen LogP) is 4.11. The third kappa shape index (κ3) is 4.54. The van der Waals surface area contributed by atoms with Gasteiger partial charge in [-0.1, -0.05) is 54.1 Å². The van der Waals surface area contributed by atoms with Crippen molar-refractivity contribution in [3.8, 4) is 11.5 Å². The van der Waals surface area contributed by atoms with Crippen molar-refractivity contribution in [2.45, 2.75) is 20.0 Å². The van der Waals surface area contributed by atoms with Gasteiger partial charge in [0.25, 0.3) is 5.91 Å². The first kappa shape index (κ1) is 17.8. The van der Waals surface area contributed by atoms with Crippen molar-refractivity contribution in [1.82, 2.24) is 5.32 Å². The zero-order valence-corrected chi connectivity index (χ0v) is 15.1. The van der Waals surface area contributed by atoms with Crippen LogP contribution in [0.1, 0.15) is 12.5 Å². The Kier molecular flexibility index (Phi) is 5.74. The average molecular weight is 349 g/mol. The van der Waals surface area contributed by atoms with Gasteiger partial charge in [0, 0.05) is 5.39 Å². The third-order valence-corrected chi connectivity index (χ3v) is 4.11. The van der Waals surface area contributed by atoms with Gasteiger partial charge in [-0.3, -0.25) is 4.79 Å². The highest BCUT2D eigenvalue weighted by molar-refractivity contribution is 5.88. The second-order valence-corrected chi connectivity index (χ2v) is 6.19. The minimum Gasteiger partial charge on any atom is -0.491 e. The standard InChI is InChI=1S/C22H23NO3/c1-16-10-12-19(13-11-16)26-17(2)22(24)23-14-15-25-21-9-5-7-18-6-3-4-8-20(18)21/h3-13,17H,14-15H2,1-2H3,(H,23,24)/t17-/m1/s1. The molecule has 0 spiro atoms. The fourth-order valence-electron chi connectivity index (χ4n) is 2.67. The molecule has 0 heterocycles. The Morgan fingerprint density at radius 2 is 1.73 bits per heavy atom. The molecule has 0 radical (unpaired) electrons. The molecule has 1 N–H and O–H groups in total. The minimum atomic E-state index is -0.560. The summed E-state index contributed by atoms with van der Waals surface area (Å²) in [6.45, 7) is 4.57. The number of hydrogen-bond acceptors (Lipinski definition) is 3. The van der Waals surface area contributed by atoms with Crippen LogP contribution in [0, 0.1) is 6.92 Å². The van der Waals surface area contributed by atoms with Crippen LogP contribution in [0.2, 0.25) is 0 Å². The number of benzene rings is 3. The second kappa shape index (κ2) is 8.39. The zero-order chi connectivity index (χ0) is 18.4. The van der Waals surface area contributed by atoms with E-state index in [0.717, 1.165) is 22.1 Å². The highest BCUT2D eigenvalue weighted by Gasteiger charge is 2.14. The Balaban J connectivity index is 1.46. The maximum absolute atomic E-state index is 12.1. The molecule has 3 rings (SSSR count). The SMILES string of the molecule is Cc1ccc(O[C@H](C)C(=O)NCCOc2cccc3ccccc23)cc1. The van der Waals surface area contributed by atoms with E-state index in [1.54, 1.807) is 6.92 Å². The number of ether oxygens (including phenoxy) is 2. The van der Waals surface area contributed by atoms with Crippen LogP contribution in [0.15, 0.2) is 66.7 Å². The Bertz CT molecular complexity index is 869. The molecule has 0 aliphatic heterocycles. The lowest BCUT2D eigenvalue weighted by Gasteiger charge is -2.15. The molecule has 0 aliphatic carbocycles. The van der Waals surface area contributed by atoms with Crippen molar-refractivity contribution in [2.24, 2.45) is 0 Å². The minimum absolute atomic E-state index is 0.160. The number of fused-ring (bicyclic) bond motifs is 1. The quantitative estimate of drug-likeness (QED) is 0.653. The van der Waals surface area contributed by atoms with Gasteiger partial charge in [-0.15, -0.1) is 0 Å². The number of aryl methyl sites for hydroxylation is 1. The molecule has 4 nitrogen and oxygen atoms in total. The van der Waals surface area contributed by atoms with E-state index in [9.17, 15) is 4.79 Å². The molecule has 4 heteroatoms. The van der Waals surface area contributed by atoms with Crippen LogP contribution in [-0.4, -0.2) is 25.2 Å². The summed E-state index contributed by atoms with van der Waals surface area (Å²) in [6, 6.07) is 21.7. The lowest BCUT2D eigenvalue weighted by Crippen LogP contribution is -2.38. The van der Waals surface area contributed by atoms with E-state index in [1.807, 2.05) is 73.7 Å². The lowest BCUT2D eigenvalue weighted by atomic mass is 10.1. The molecular formula is C22H23NO3. The number of amides is 1. The molecule has 26 heavy (non-hydrogen) atoms. The predicted molar refractivity (Wildman–Crippen MR) is 104 cm³/mol. The first-order valence-corrected chi connectivity index (χ1v) is 8.75. The lowest BCUT2D eigenvalue weighted by molar-refractivity contribution is -0.127. The van der Waals surface area contributed by atoms with Gasteiger partial charge in [-0.05, 0) is 37.4 Å². The van der Waals surface area contributed by atoms with Gasteiger partial charge in [0.05, 0.1) is 6.54 Å². The molecule has 0 unspecified atom stereocenters. The van der Waals surface area contributed by atoms with Gasteiger partial charge in [-0.25, -0.2) is 0 Å². The zero-order valence-electron chi connectivity index (χ0n) is 15.1. The molecule has 0 aliphatic rings. The van der Waals surface area contributed by atoms with Crippen molar-refractivity contribution in [3.63, 3.8) is 0 Å². The van der Waals surface area contributed by atoms with Crippen molar-refractivity contribution in [1.29, 1.82) is 0 Å². The monoisotopic (exact) mass is 349 g/mol. The van der Waals surface area contributed by atoms with Gasteiger partial charge >= 0.3 is 0 Å². The van der Waals surface area contributed by atoms with Gasteiger partial charge in [-0.2, -0.15) is 0 Å². The van der Waals surface area contributed by atoms with Crippen LogP contribution < -0.4 is 14.8 Å². The summed E-state index contributed by atoms with van der Waals surface area (Å²) >= 11 is 0. The molecule has 0 fully saturated rings. The highest BCUT2D eigenvalue weighted by atomic mass is 16.5. The third-order valence-electron chi connectivity index (χ3n) is 4.11. The number of hydrogen-bond donors (Lipinski definition) is 1. The van der Waals surface area contributed by atoms with Gasteiger partial charge < -0.3 is 14.8 Å². The van der Waals surface area contributed by atoms with E-state index in [4.69, 9.17) is 9.47 Å². The van der Waals surface area contributed by atoms with Crippen LogP contribution >= 0.6 is 0 Å². The molecule has 3 aromatic carbocycles. The number of carbonyl (C=O) groups excluding carboxylic acids is 1. The summed E-state index contributed by atoms with van der Waals surface area (Å²) < 4.78 is 11.5. The number of carbonyl (C=O) groups is 1. The molecule has 1 amide bonds. The van der Waals surface area contributed by atoms with Gasteiger partial charge in [0.1, 0.15) is 18.1 Å². The molecule has 0 bridgehead atoms. The topological polar surface area (TPSA) is 47.6 Å². The first-order chi connectivity index (χ1) is 12.6. The molecule has 0 aromatic heterocycles. The van der Waals surface area contributed by atoms with Crippen LogP contribution in [0.4, 0.5) is 0 Å². The molecular weight excluding hydrogens is 326 g/mol. The van der Waals surface area contributed by atoms with E-state index in [-0.39, 0.29) is 5.91 Å². The first-order valence-electron chi connectivity index (χ1n) is 8.75. The molecule has 1 atom stereocenters. The maximum Gasteiger partial charge on any atom is 0.260 e. The van der Waals surface area contributed by atoms with Crippen molar-refractivity contribution >= 4 is 16.7 Å². The van der Waals surface area contributed by atoms with Crippen LogP contribution in [0.3, 0.4) is 0 Å². The van der Waals surface area contributed by atoms with E-state index < -0.39 is 6.10 Å². The highest BCUT2D eigenvalue weighted by Crippen LogP contribution is 2.24. The Labute approximate surface area is 153 Å². The fourth-order valence-corrected chi connectivity index (χ4v) is 2.67. The number of rotatable bonds is 7. The Morgan fingerprint density at radius 3 is 2.54 bits per heavy atom. The molecule has 134 valence electrons. The van der Waals surface area contributed by atoms with Crippen molar-refractivity contribution in [2.75, 3.05) is 13.2 Å². The average Bonchev–Trinajstić information content (AvgIpc) is 2.67. The molecule has 0 saturated carbocycles. The van der Waals surface area contributed by atoms with E-state index in [1.165, 1.54) is 0 Å². The normalized spacial score (nSPS) is 11.8.